The Balaban J connectivity index is 2.80. The summed E-state index contributed by atoms with van der Waals surface area (Å²) in [5.74, 6) is -0.641. The molecule has 1 heterocycles. The number of aryl methyl sites for hydroxylation is 2. The fraction of sp³-hybridized carbons (Fsp3) is 0.750. The van der Waals surface area contributed by atoms with Crippen molar-refractivity contribution in [1.82, 2.24) is 14.8 Å². The van der Waals surface area contributed by atoms with E-state index in [-0.39, 0.29) is 6.54 Å². The SMILES string of the molecule is Cc1nc(C)n(CC(CN)C(F)(F)F)n1. The number of rotatable bonds is 3. The van der Waals surface area contributed by atoms with E-state index in [9.17, 15) is 13.2 Å². The quantitative estimate of drug-likeness (QED) is 0.831. The van der Waals surface area contributed by atoms with Crippen LogP contribution in [0.1, 0.15) is 11.6 Å². The summed E-state index contributed by atoms with van der Waals surface area (Å²) < 4.78 is 38.4. The number of hydrogen-bond donors (Lipinski definition) is 1. The highest BCUT2D eigenvalue weighted by Crippen LogP contribution is 2.26. The van der Waals surface area contributed by atoms with Gasteiger partial charge < -0.3 is 5.73 Å². The average Bonchev–Trinajstić information content (AvgIpc) is 2.38. The summed E-state index contributed by atoms with van der Waals surface area (Å²) in [6.07, 6.45) is -4.29. The lowest BCUT2D eigenvalue weighted by Crippen LogP contribution is -2.34. The van der Waals surface area contributed by atoms with Crippen molar-refractivity contribution in [3.8, 4) is 0 Å². The Kier molecular flexibility index (Phi) is 3.33. The molecule has 0 aliphatic heterocycles. The van der Waals surface area contributed by atoms with E-state index in [1.807, 2.05) is 0 Å². The second-order valence-electron chi connectivity index (χ2n) is 3.36. The normalized spacial score (nSPS) is 14.3. The van der Waals surface area contributed by atoms with Gasteiger partial charge in [-0.3, -0.25) is 0 Å². The Bertz CT molecular complexity index is 331. The number of nitrogens with two attached hydrogens (primary N) is 1. The van der Waals surface area contributed by atoms with Crippen LogP contribution in [0.25, 0.3) is 0 Å². The molecule has 0 radical (unpaired) electrons. The molecule has 7 heteroatoms. The third kappa shape index (κ3) is 2.92. The second-order valence-corrected chi connectivity index (χ2v) is 3.36. The fourth-order valence-electron chi connectivity index (χ4n) is 1.25. The molecule has 0 spiro atoms. The van der Waals surface area contributed by atoms with Gasteiger partial charge in [0.25, 0.3) is 0 Å². The number of halogens is 3. The van der Waals surface area contributed by atoms with Gasteiger partial charge in [0.15, 0.2) is 0 Å². The van der Waals surface area contributed by atoms with Gasteiger partial charge in [0.1, 0.15) is 11.6 Å². The van der Waals surface area contributed by atoms with Gasteiger partial charge in [0.2, 0.25) is 0 Å². The molecule has 0 amide bonds. The smallest absolute Gasteiger partial charge is 0.330 e. The summed E-state index contributed by atoms with van der Waals surface area (Å²) in [7, 11) is 0. The third-order valence-corrected chi connectivity index (χ3v) is 2.10. The van der Waals surface area contributed by atoms with Crippen LogP contribution < -0.4 is 5.73 Å². The van der Waals surface area contributed by atoms with Crippen LogP contribution in [-0.4, -0.2) is 27.5 Å². The predicted octanol–water partition coefficient (Wildman–Crippen LogP) is 1.03. The zero-order chi connectivity index (χ0) is 11.6. The van der Waals surface area contributed by atoms with Crippen molar-refractivity contribution in [2.24, 2.45) is 11.7 Å². The minimum Gasteiger partial charge on any atom is -0.330 e. The van der Waals surface area contributed by atoms with E-state index < -0.39 is 18.6 Å². The van der Waals surface area contributed by atoms with E-state index in [1.165, 1.54) is 4.68 Å². The summed E-state index contributed by atoms with van der Waals surface area (Å²) in [6.45, 7) is 2.53. The summed E-state index contributed by atoms with van der Waals surface area (Å²) in [4.78, 5) is 3.92. The van der Waals surface area contributed by atoms with Crippen LogP contribution >= 0.6 is 0 Å². The molecule has 0 fully saturated rings. The van der Waals surface area contributed by atoms with Crippen LogP contribution in [0.4, 0.5) is 13.2 Å². The molecular formula is C8H13F3N4. The molecule has 1 unspecified atom stereocenters. The van der Waals surface area contributed by atoms with Crippen molar-refractivity contribution < 1.29 is 13.2 Å². The largest absolute Gasteiger partial charge is 0.394 e. The Morgan fingerprint density at radius 3 is 2.33 bits per heavy atom. The highest BCUT2D eigenvalue weighted by molar-refractivity contribution is 4.88. The number of alkyl halides is 3. The van der Waals surface area contributed by atoms with Crippen molar-refractivity contribution in [1.29, 1.82) is 0 Å². The summed E-state index contributed by atoms with van der Waals surface area (Å²) >= 11 is 0. The minimum absolute atomic E-state index is 0.271. The molecule has 4 nitrogen and oxygen atoms in total. The van der Waals surface area contributed by atoms with E-state index in [0.717, 1.165) is 0 Å². The van der Waals surface area contributed by atoms with E-state index in [2.05, 4.69) is 10.1 Å². The van der Waals surface area contributed by atoms with Crippen molar-refractivity contribution in [3.63, 3.8) is 0 Å². The molecule has 1 aromatic rings. The molecule has 0 saturated heterocycles. The Hall–Kier alpha value is -1.11. The lowest BCUT2D eigenvalue weighted by Gasteiger charge is -2.18. The molecule has 1 atom stereocenters. The van der Waals surface area contributed by atoms with Gasteiger partial charge in [0.05, 0.1) is 12.5 Å². The standard InChI is InChI=1S/C8H13F3N4/c1-5-13-6(2)15(14-5)4-7(3-12)8(9,10)11/h7H,3-4,12H2,1-2H3. The van der Waals surface area contributed by atoms with E-state index >= 15 is 0 Å². The van der Waals surface area contributed by atoms with Gasteiger partial charge in [-0.15, -0.1) is 0 Å². The van der Waals surface area contributed by atoms with E-state index in [0.29, 0.717) is 11.6 Å². The van der Waals surface area contributed by atoms with E-state index in [4.69, 9.17) is 5.73 Å². The summed E-state index contributed by atoms with van der Waals surface area (Å²) in [5, 5.41) is 3.86. The molecular weight excluding hydrogens is 209 g/mol. The highest BCUT2D eigenvalue weighted by Gasteiger charge is 2.39. The van der Waals surface area contributed by atoms with Crippen molar-refractivity contribution in [2.45, 2.75) is 26.6 Å². The maximum absolute atomic E-state index is 12.4. The first-order valence-corrected chi connectivity index (χ1v) is 4.49. The van der Waals surface area contributed by atoms with Crippen LogP contribution in [0.15, 0.2) is 0 Å². The first-order chi connectivity index (χ1) is 6.84. The monoisotopic (exact) mass is 222 g/mol. The maximum atomic E-state index is 12.4. The van der Waals surface area contributed by atoms with Gasteiger partial charge >= 0.3 is 6.18 Å². The van der Waals surface area contributed by atoms with Gasteiger partial charge in [-0.05, 0) is 13.8 Å². The predicted molar refractivity (Wildman–Crippen MR) is 48.1 cm³/mol. The first-order valence-electron chi connectivity index (χ1n) is 4.49. The Morgan fingerprint density at radius 2 is 2.00 bits per heavy atom. The Labute approximate surface area is 85.3 Å². The lowest BCUT2D eigenvalue weighted by molar-refractivity contribution is -0.175. The third-order valence-electron chi connectivity index (χ3n) is 2.10. The number of hydrogen-bond acceptors (Lipinski definition) is 3. The number of aromatic nitrogens is 3. The molecule has 0 aromatic carbocycles. The van der Waals surface area contributed by atoms with Crippen molar-refractivity contribution >= 4 is 0 Å². The fourth-order valence-corrected chi connectivity index (χ4v) is 1.25. The molecule has 0 aliphatic rings. The molecule has 15 heavy (non-hydrogen) atoms. The molecule has 2 N–H and O–H groups in total. The zero-order valence-corrected chi connectivity index (χ0v) is 8.54. The van der Waals surface area contributed by atoms with Crippen LogP contribution in [0.3, 0.4) is 0 Å². The topological polar surface area (TPSA) is 56.7 Å². The maximum Gasteiger partial charge on any atom is 0.394 e. The molecule has 0 aliphatic carbocycles. The summed E-state index contributed by atoms with van der Waals surface area (Å²) in [5.41, 5.74) is 5.08. The summed E-state index contributed by atoms with van der Waals surface area (Å²) in [6, 6.07) is 0. The zero-order valence-electron chi connectivity index (χ0n) is 8.54. The van der Waals surface area contributed by atoms with Crippen LogP contribution in [0, 0.1) is 19.8 Å². The number of nitrogens with zero attached hydrogens (tertiary/aromatic N) is 3. The van der Waals surface area contributed by atoms with E-state index in [1.54, 1.807) is 13.8 Å². The van der Waals surface area contributed by atoms with Gasteiger partial charge in [-0.1, -0.05) is 0 Å². The Morgan fingerprint density at radius 1 is 1.40 bits per heavy atom. The molecule has 0 bridgehead atoms. The molecule has 1 aromatic heterocycles. The van der Waals surface area contributed by atoms with Crippen LogP contribution in [0.5, 0.6) is 0 Å². The molecule has 1 rings (SSSR count). The lowest BCUT2D eigenvalue weighted by atomic mass is 10.1. The van der Waals surface area contributed by atoms with Crippen molar-refractivity contribution in [2.75, 3.05) is 6.54 Å². The van der Waals surface area contributed by atoms with Crippen LogP contribution in [0.2, 0.25) is 0 Å². The van der Waals surface area contributed by atoms with Gasteiger partial charge in [-0.25, -0.2) is 9.67 Å². The highest BCUT2D eigenvalue weighted by atomic mass is 19.4. The minimum atomic E-state index is -4.29. The van der Waals surface area contributed by atoms with Gasteiger partial charge in [0, 0.05) is 6.54 Å². The van der Waals surface area contributed by atoms with Crippen LogP contribution in [-0.2, 0) is 6.54 Å². The molecule has 86 valence electrons. The first kappa shape index (κ1) is 12.0. The average molecular weight is 222 g/mol. The van der Waals surface area contributed by atoms with Gasteiger partial charge in [-0.2, -0.15) is 18.3 Å². The van der Waals surface area contributed by atoms with Crippen molar-refractivity contribution in [3.05, 3.63) is 11.6 Å². The second kappa shape index (κ2) is 4.18. The molecule has 0 saturated carbocycles.